The predicted octanol–water partition coefficient (Wildman–Crippen LogP) is 3.19. The molecule has 2 rings (SSSR count). The lowest BCUT2D eigenvalue weighted by molar-refractivity contribution is -0.113. The molecule has 0 aliphatic carbocycles. The van der Waals surface area contributed by atoms with Crippen molar-refractivity contribution >= 4 is 23.4 Å². The van der Waals surface area contributed by atoms with Gasteiger partial charge in [0.25, 0.3) is 0 Å². The molecular weight excluding hydrogens is 284 g/mol. The van der Waals surface area contributed by atoms with E-state index >= 15 is 0 Å². The van der Waals surface area contributed by atoms with E-state index in [9.17, 15) is 4.79 Å². The Labute approximate surface area is 128 Å². The van der Waals surface area contributed by atoms with Crippen LogP contribution in [0.3, 0.4) is 0 Å². The fourth-order valence-corrected chi connectivity index (χ4v) is 2.49. The van der Waals surface area contributed by atoms with Gasteiger partial charge in [0.05, 0.1) is 5.75 Å². The molecule has 1 aromatic heterocycles. The van der Waals surface area contributed by atoms with Crippen LogP contribution in [0.25, 0.3) is 0 Å². The topological polar surface area (TPSA) is 70.7 Å². The number of unbranched alkanes of at least 4 members (excludes halogenated alkanes) is 1. The molecule has 0 saturated heterocycles. The second-order valence-corrected chi connectivity index (χ2v) is 5.78. The Morgan fingerprint density at radius 2 is 2.10 bits per heavy atom. The fourth-order valence-electron chi connectivity index (χ4n) is 1.85. The molecule has 5 nitrogen and oxygen atoms in total. The number of aromatic nitrogens is 3. The predicted molar refractivity (Wildman–Crippen MR) is 85.5 cm³/mol. The normalized spacial score (nSPS) is 10.6. The Morgan fingerprint density at radius 1 is 1.33 bits per heavy atom. The van der Waals surface area contributed by atoms with E-state index in [1.54, 1.807) is 0 Å². The highest BCUT2D eigenvalue weighted by molar-refractivity contribution is 7.99. The van der Waals surface area contributed by atoms with Gasteiger partial charge in [0.1, 0.15) is 5.82 Å². The van der Waals surface area contributed by atoms with Gasteiger partial charge in [-0.2, -0.15) is 0 Å². The molecule has 0 saturated carbocycles. The Kier molecular flexibility index (Phi) is 5.80. The Bertz CT molecular complexity index is 580. The summed E-state index contributed by atoms with van der Waals surface area (Å²) in [4.78, 5) is 16.0. The molecule has 0 radical (unpaired) electrons. The highest BCUT2D eigenvalue weighted by Crippen LogP contribution is 2.15. The third-order valence-corrected chi connectivity index (χ3v) is 3.81. The summed E-state index contributed by atoms with van der Waals surface area (Å²) in [5.74, 6) is 0.999. The quantitative estimate of drug-likeness (QED) is 0.771. The van der Waals surface area contributed by atoms with Crippen LogP contribution in [0.5, 0.6) is 0 Å². The highest BCUT2D eigenvalue weighted by Gasteiger charge is 2.06. The standard InChI is InChI=1S/C15H20N4OS/c1-3-4-5-12-6-8-13(9-7-12)17-14(20)10-21-15-16-11(2)18-19-15/h6-9H,3-5,10H2,1-2H3,(H,17,20)(H,16,18,19). The summed E-state index contributed by atoms with van der Waals surface area (Å²) < 4.78 is 0. The molecule has 1 heterocycles. The summed E-state index contributed by atoms with van der Waals surface area (Å²) in [6.45, 7) is 4.01. The Balaban J connectivity index is 1.79. The van der Waals surface area contributed by atoms with Crippen molar-refractivity contribution in [3.63, 3.8) is 0 Å². The van der Waals surface area contributed by atoms with Crippen molar-refractivity contribution in [3.8, 4) is 0 Å². The number of thioether (sulfide) groups is 1. The second kappa shape index (κ2) is 7.83. The second-order valence-electron chi connectivity index (χ2n) is 4.84. The van der Waals surface area contributed by atoms with Crippen LogP contribution < -0.4 is 5.32 Å². The SMILES string of the molecule is CCCCc1ccc(NC(=O)CSc2n[nH]c(C)n2)cc1. The van der Waals surface area contributed by atoms with E-state index in [0.717, 1.165) is 17.9 Å². The number of carbonyl (C=O) groups excluding carboxylic acids is 1. The van der Waals surface area contributed by atoms with Gasteiger partial charge in [-0.1, -0.05) is 37.2 Å². The third-order valence-electron chi connectivity index (χ3n) is 2.97. The lowest BCUT2D eigenvalue weighted by atomic mass is 10.1. The molecule has 1 aromatic carbocycles. The van der Waals surface area contributed by atoms with Gasteiger partial charge in [-0.15, -0.1) is 5.10 Å². The van der Waals surface area contributed by atoms with Crippen molar-refractivity contribution in [2.45, 2.75) is 38.3 Å². The summed E-state index contributed by atoms with van der Waals surface area (Å²) in [7, 11) is 0. The fraction of sp³-hybridized carbons (Fsp3) is 0.400. The number of hydrogen-bond acceptors (Lipinski definition) is 4. The molecule has 2 N–H and O–H groups in total. The zero-order valence-corrected chi connectivity index (χ0v) is 13.2. The molecule has 0 aliphatic heterocycles. The van der Waals surface area contributed by atoms with Gasteiger partial charge in [0.15, 0.2) is 0 Å². The summed E-state index contributed by atoms with van der Waals surface area (Å²) in [6, 6.07) is 8.03. The number of anilines is 1. The number of nitrogens with zero attached hydrogens (tertiary/aromatic N) is 2. The Morgan fingerprint density at radius 3 is 2.71 bits per heavy atom. The molecule has 0 fully saturated rings. The minimum Gasteiger partial charge on any atom is -0.325 e. The van der Waals surface area contributed by atoms with E-state index < -0.39 is 0 Å². The number of H-pyrrole nitrogens is 1. The number of rotatable bonds is 7. The minimum absolute atomic E-state index is 0.0521. The van der Waals surface area contributed by atoms with Crippen LogP contribution in [-0.2, 0) is 11.2 Å². The van der Waals surface area contributed by atoms with Crippen LogP contribution in [-0.4, -0.2) is 26.8 Å². The van der Waals surface area contributed by atoms with Crippen molar-refractivity contribution in [2.75, 3.05) is 11.1 Å². The first-order valence-corrected chi connectivity index (χ1v) is 8.06. The van der Waals surface area contributed by atoms with Crippen LogP contribution in [0.2, 0.25) is 0 Å². The van der Waals surface area contributed by atoms with E-state index in [1.807, 2.05) is 19.1 Å². The molecule has 0 spiro atoms. The van der Waals surface area contributed by atoms with E-state index in [-0.39, 0.29) is 5.91 Å². The molecule has 0 atom stereocenters. The summed E-state index contributed by atoms with van der Waals surface area (Å²) in [5, 5.41) is 10.2. The van der Waals surface area contributed by atoms with Gasteiger partial charge in [-0.05, 0) is 37.5 Å². The van der Waals surface area contributed by atoms with Crippen LogP contribution in [0.4, 0.5) is 5.69 Å². The number of aryl methyl sites for hydroxylation is 2. The first-order valence-electron chi connectivity index (χ1n) is 7.08. The van der Waals surface area contributed by atoms with Crippen molar-refractivity contribution in [3.05, 3.63) is 35.7 Å². The van der Waals surface area contributed by atoms with E-state index in [0.29, 0.717) is 10.9 Å². The van der Waals surface area contributed by atoms with Gasteiger partial charge in [0.2, 0.25) is 11.1 Å². The van der Waals surface area contributed by atoms with E-state index in [2.05, 4.69) is 39.6 Å². The minimum atomic E-state index is -0.0521. The molecule has 0 bridgehead atoms. The van der Waals surface area contributed by atoms with Crippen molar-refractivity contribution in [1.29, 1.82) is 0 Å². The maximum Gasteiger partial charge on any atom is 0.234 e. The summed E-state index contributed by atoms with van der Waals surface area (Å²) in [5.41, 5.74) is 2.13. The largest absolute Gasteiger partial charge is 0.325 e. The molecule has 6 heteroatoms. The summed E-state index contributed by atoms with van der Waals surface area (Å²) >= 11 is 1.32. The van der Waals surface area contributed by atoms with Crippen molar-refractivity contribution in [1.82, 2.24) is 15.2 Å². The zero-order chi connectivity index (χ0) is 15.1. The van der Waals surface area contributed by atoms with Gasteiger partial charge in [-0.3, -0.25) is 9.89 Å². The maximum atomic E-state index is 11.9. The average molecular weight is 304 g/mol. The number of nitrogens with one attached hydrogen (secondary N) is 2. The molecule has 2 aromatic rings. The first-order chi connectivity index (χ1) is 10.2. The van der Waals surface area contributed by atoms with Crippen molar-refractivity contribution < 1.29 is 4.79 Å². The van der Waals surface area contributed by atoms with E-state index in [4.69, 9.17) is 0 Å². The molecular formula is C15H20N4OS. The van der Waals surface area contributed by atoms with Crippen LogP contribution >= 0.6 is 11.8 Å². The van der Waals surface area contributed by atoms with Crippen molar-refractivity contribution in [2.24, 2.45) is 0 Å². The third kappa shape index (κ3) is 5.23. The lowest BCUT2D eigenvalue weighted by Crippen LogP contribution is -2.14. The van der Waals surface area contributed by atoms with Crippen LogP contribution in [0, 0.1) is 6.92 Å². The van der Waals surface area contributed by atoms with Gasteiger partial charge >= 0.3 is 0 Å². The lowest BCUT2D eigenvalue weighted by Gasteiger charge is -2.05. The van der Waals surface area contributed by atoms with Gasteiger partial charge in [-0.25, -0.2) is 4.98 Å². The van der Waals surface area contributed by atoms with E-state index in [1.165, 1.54) is 30.2 Å². The number of amides is 1. The Hall–Kier alpha value is -1.82. The molecule has 112 valence electrons. The monoisotopic (exact) mass is 304 g/mol. The van der Waals surface area contributed by atoms with Crippen LogP contribution in [0.15, 0.2) is 29.4 Å². The number of benzene rings is 1. The number of aromatic amines is 1. The molecule has 21 heavy (non-hydrogen) atoms. The number of carbonyl (C=O) groups is 1. The van der Waals surface area contributed by atoms with Crippen LogP contribution in [0.1, 0.15) is 31.2 Å². The summed E-state index contributed by atoms with van der Waals surface area (Å²) in [6.07, 6.45) is 3.47. The van der Waals surface area contributed by atoms with Gasteiger partial charge in [0, 0.05) is 5.69 Å². The maximum absolute atomic E-state index is 11.9. The number of hydrogen-bond donors (Lipinski definition) is 2. The zero-order valence-electron chi connectivity index (χ0n) is 12.3. The molecule has 0 aliphatic rings. The smallest absolute Gasteiger partial charge is 0.234 e. The van der Waals surface area contributed by atoms with Gasteiger partial charge < -0.3 is 5.32 Å². The molecule has 1 amide bonds. The highest BCUT2D eigenvalue weighted by atomic mass is 32.2. The molecule has 0 unspecified atom stereocenters. The first kappa shape index (κ1) is 15.6. The average Bonchev–Trinajstić information content (AvgIpc) is 2.90.